The second-order valence-corrected chi connectivity index (χ2v) is 4.77. The van der Waals surface area contributed by atoms with Gasteiger partial charge in [0.05, 0.1) is 10.4 Å². The zero-order valence-corrected chi connectivity index (χ0v) is 10.1. The average molecular weight is 256 g/mol. The van der Waals surface area contributed by atoms with E-state index < -0.39 is 0 Å². The lowest BCUT2D eigenvalue weighted by atomic mass is 10.2. The number of aromatic nitrogens is 1. The first kappa shape index (κ1) is 10.9. The lowest BCUT2D eigenvalue weighted by Crippen LogP contribution is -1.86. The zero-order chi connectivity index (χ0) is 12.5. The highest BCUT2D eigenvalue weighted by molar-refractivity contribution is 7.22. The molecule has 1 heterocycles. The van der Waals surface area contributed by atoms with Crippen molar-refractivity contribution in [2.75, 3.05) is 0 Å². The minimum atomic E-state index is -0.366. The maximum absolute atomic E-state index is 10.9. The molecule has 1 aromatic heterocycles. The molecule has 0 bridgehead atoms. The van der Waals surface area contributed by atoms with E-state index in [1.165, 1.54) is 17.4 Å². The first-order valence-corrected chi connectivity index (χ1v) is 6.17. The summed E-state index contributed by atoms with van der Waals surface area (Å²) in [6, 6.07) is 14.6. The third-order valence-corrected chi connectivity index (χ3v) is 3.75. The lowest BCUT2D eigenvalue weighted by molar-refractivity contribution is -0.382. The monoisotopic (exact) mass is 256 g/mol. The number of nitro groups is 1. The van der Waals surface area contributed by atoms with Crippen molar-refractivity contribution in [2.24, 2.45) is 0 Å². The predicted molar refractivity (Wildman–Crippen MR) is 71.7 cm³/mol. The van der Waals surface area contributed by atoms with Gasteiger partial charge in [0.15, 0.2) is 0 Å². The van der Waals surface area contributed by atoms with Crippen LogP contribution in [-0.2, 0) is 0 Å². The van der Waals surface area contributed by atoms with Crippen molar-refractivity contribution < 1.29 is 4.92 Å². The predicted octanol–water partition coefficient (Wildman–Crippen LogP) is 3.87. The van der Waals surface area contributed by atoms with Crippen molar-refractivity contribution in [3.05, 3.63) is 58.6 Å². The molecule has 0 amide bonds. The van der Waals surface area contributed by atoms with Crippen molar-refractivity contribution >= 4 is 27.2 Å². The van der Waals surface area contributed by atoms with Crippen LogP contribution >= 0.6 is 11.3 Å². The summed E-state index contributed by atoms with van der Waals surface area (Å²) in [5.41, 5.74) is 1.77. The van der Waals surface area contributed by atoms with Gasteiger partial charge in [-0.2, -0.15) is 0 Å². The number of thiazole rings is 1. The van der Waals surface area contributed by atoms with Crippen LogP contribution in [0.3, 0.4) is 0 Å². The SMILES string of the molecule is O=[N+]([O-])c1cccc2nc(-c3ccccc3)sc12. The fraction of sp³-hybridized carbons (Fsp3) is 0. The summed E-state index contributed by atoms with van der Waals surface area (Å²) >= 11 is 1.35. The summed E-state index contributed by atoms with van der Waals surface area (Å²) in [4.78, 5) is 15.0. The summed E-state index contributed by atoms with van der Waals surface area (Å²) < 4.78 is 0.626. The molecule has 0 aliphatic heterocycles. The number of hydrogen-bond donors (Lipinski definition) is 0. The fourth-order valence-electron chi connectivity index (χ4n) is 1.78. The standard InChI is InChI=1S/C13H8N2O2S/c16-15(17)11-8-4-7-10-12(11)18-13(14-10)9-5-2-1-3-6-9/h1-8H. The third-order valence-electron chi connectivity index (χ3n) is 2.61. The number of nitro benzene ring substituents is 1. The van der Waals surface area contributed by atoms with Crippen molar-refractivity contribution in [2.45, 2.75) is 0 Å². The third kappa shape index (κ3) is 1.74. The molecule has 2 aromatic carbocycles. The molecule has 88 valence electrons. The minimum Gasteiger partial charge on any atom is -0.258 e. The number of nitrogens with zero attached hydrogens (tertiary/aromatic N) is 2. The Morgan fingerprint density at radius 3 is 2.56 bits per heavy atom. The molecule has 0 aliphatic carbocycles. The zero-order valence-electron chi connectivity index (χ0n) is 9.24. The highest BCUT2D eigenvalue weighted by Crippen LogP contribution is 2.35. The van der Waals surface area contributed by atoms with E-state index in [-0.39, 0.29) is 10.6 Å². The molecule has 0 aliphatic rings. The minimum absolute atomic E-state index is 0.118. The van der Waals surface area contributed by atoms with Crippen LogP contribution in [0.25, 0.3) is 20.8 Å². The van der Waals surface area contributed by atoms with Gasteiger partial charge in [-0.3, -0.25) is 10.1 Å². The first-order valence-electron chi connectivity index (χ1n) is 5.35. The van der Waals surface area contributed by atoms with Crippen LogP contribution in [-0.4, -0.2) is 9.91 Å². The van der Waals surface area contributed by atoms with Crippen LogP contribution < -0.4 is 0 Å². The summed E-state index contributed by atoms with van der Waals surface area (Å²) in [6.45, 7) is 0. The van der Waals surface area contributed by atoms with Gasteiger partial charge in [0, 0.05) is 11.6 Å². The molecule has 0 atom stereocenters. The highest BCUT2D eigenvalue weighted by Gasteiger charge is 2.16. The van der Waals surface area contributed by atoms with Gasteiger partial charge in [-0.1, -0.05) is 36.4 Å². The van der Waals surface area contributed by atoms with E-state index in [0.717, 1.165) is 10.6 Å². The molecule has 5 heteroatoms. The van der Waals surface area contributed by atoms with E-state index in [0.29, 0.717) is 10.2 Å². The normalized spacial score (nSPS) is 10.7. The van der Waals surface area contributed by atoms with Gasteiger partial charge in [-0.25, -0.2) is 4.98 Å². The molecule has 0 saturated carbocycles. The van der Waals surface area contributed by atoms with E-state index >= 15 is 0 Å². The Kier molecular flexibility index (Phi) is 2.53. The maximum atomic E-state index is 10.9. The van der Waals surface area contributed by atoms with Crippen molar-refractivity contribution in [3.63, 3.8) is 0 Å². The lowest BCUT2D eigenvalue weighted by Gasteiger charge is -1.92. The van der Waals surface area contributed by atoms with Crippen LogP contribution in [0.15, 0.2) is 48.5 Å². The molecule has 0 saturated heterocycles. The van der Waals surface area contributed by atoms with Crippen LogP contribution in [0.5, 0.6) is 0 Å². The molecular weight excluding hydrogens is 248 g/mol. The molecule has 0 radical (unpaired) electrons. The Labute approximate surface area is 107 Å². The summed E-state index contributed by atoms with van der Waals surface area (Å²) in [5, 5.41) is 11.8. The van der Waals surface area contributed by atoms with Gasteiger partial charge >= 0.3 is 0 Å². The van der Waals surface area contributed by atoms with Crippen LogP contribution in [0, 0.1) is 10.1 Å². The van der Waals surface area contributed by atoms with Crippen LogP contribution in [0.1, 0.15) is 0 Å². The molecule has 3 rings (SSSR count). The van der Waals surface area contributed by atoms with Gasteiger partial charge in [-0.05, 0) is 6.07 Å². The number of benzene rings is 2. The summed E-state index contributed by atoms with van der Waals surface area (Å²) in [6.07, 6.45) is 0. The molecule has 0 unspecified atom stereocenters. The van der Waals surface area contributed by atoms with Gasteiger partial charge < -0.3 is 0 Å². The fourth-order valence-corrected chi connectivity index (χ4v) is 2.84. The average Bonchev–Trinajstić information content (AvgIpc) is 2.83. The quantitative estimate of drug-likeness (QED) is 0.516. The van der Waals surface area contributed by atoms with E-state index in [9.17, 15) is 10.1 Å². The molecule has 3 aromatic rings. The Hall–Kier alpha value is -2.27. The number of hydrogen-bond acceptors (Lipinski definition) is 4. The second kappa shape index (κ2) is 4.19. The van der Waals surface area contributed by atoms with Crippen molar-refractivity contribution in [1.82, 2.24) is 4.98 Å². The summed E-state index contributed by atoms with van der Waals surface area (Å²) in [5.74, 6) is 0. The van der Waals surface area contributed by atoms with E-state index in [4.69, 9.17) is 0 Å². The molecule has 0 N–H and O–H groups in total. The Morgan fingerprint density at radius 1 is 1.06 bits per heavy atom. The molecule has 4 nitrogen and oxygen atoms in total. The van der Waals surface area contributed by atoms with E-state index in [1.54, 1.807) is 12.1 Å². The first-order chi connectivity index (χ1) is 8.75. The van der Waals surface area contributed by atoms with Crippen molar-refractivity contribution in [3.8, 4) is 10.6 Å². The largest absolute Gasteiger partial charge is 0.288 e. The molecular formula is C13H8N2O2S. The molecule has 0 spiro atoms. The second-order valence-electron chi connectivity index (χ2n) is 3.77. The van der Waals surface area contributed by atoms with E-state index in [2.05, 4.69) is 4.98 Å². The smallest absolute Gasteiger partial charge is 0.258 e. The van der Waals surface area contributed by atoms with Gasteiger partial charge in [-0.15, -0.1) is 11.3 Å². The Bertz CT molecular complexity index is 722. The van der Waals surface area contributed by atoms with Gasteiger partial charge in [0.1, 0.15) is 9.71 Å². The topological polar surface area (TPSA) is 56.0 Å². The van der Waals surface area contributed by atoms with Crippen LogP contribution in [0.2, 0.25) is 0 Å². The number of non-ortho nitro benzene ring substituents is 1. The molecule has 0 fully saturated rings. The van der Waals surface area contributed by atoms with Crippen molar-refractivity contribution in [1.29, 1.82) is 0 Å². The molecule has 18 heavy (non-hydrogen) atoms. The van der Waals surface area contributed by atoms with E-state index in [1.807, 2.05) is 30.3 Å². The Balaban J connectivity index is 2.23. The number of fused-ring (bicyclic) bond motifs is 1. The summed E-state index contributed by atoms with van der Waals surface area (Å²) in [7, 11) is 0. The van der Waals surface area contributed by atoms with Gasteiger partial charge in [0.25, 0.3) is 5.69 Å². The van der Waals surface area contributed by atoms with Gasteiger partial charge in [0.2, 0.25) is 0 Å². The maximum Gasteiger partial charge on any atom is 0.288 e. The number of rotatable bonds is 2. The highest BCUT2D eigenvalue weighted by atomic mass is 32.1. The Morgan fingerprint density at radius 2 is 1.83 bits per heavy atom. The van der Waals surface area contributed by atoms with Crippen LogP contribution in [0.4, 0.5) is 5.69 Å².